The number of carbonyl (C=O) groups is 1. The van der Waals surface area contributed by atoms with Crippen LogP contribution >= 0.6 is 11.6 Å². The molecule has 0 aliphatic carbocycles. The molecule has 0 radical (unpaired) electrons. The Hall–Kier alpha value is -1.26. The minimum absolute atomic E-state index is 0.0125. The maximum absolute atomic E-state index is 11.4. The summed E-state index contributed by atoms with van der Waals surface area (Å²) in [5.74, 6) is 0.462. The van der Waals surface area contributed by atoms with Crippen LogP contribution in [0, 0.1) is 0 Å². The number of amides is 1. The summed E-state index contributed by atoms with van der Waals surface area (Å²) in [7, 11) is 0. The third-order valence-corrected chi connectivity index (χ3v) is 2.63. The fourth-order valence-corrected chi connectivity index (χ4v) is 1.65. The van der Waals surface area contributed by atoms with Crippen molar-refractivity contribution in [3.63, 3.8) is 0 Å². The Bertz CT molecular complexity index is 408. The molecule has 0 aliphatic rings. The fourth-order valence-electron chi connectivity index (χ4n) is 1.47. The number of benzene rings is 1. The van der Waals surface area contributed by atoms with E-state index in [0.717, 1.165) is 12.0 Å². The average Bonchev–Trinajstić information content (AvgIpc) is 2.34. The number of nitrogens with one attached hydrogen (secondary N) is 1. The molecule has 0 aromatic heterocycles. The second-order valence-electron chi connectivity index (χ2n) is 4.11. The van der Waals surface area contributed by atoms with Crippen molar-refractivity contribution in [3.8, 4) is 5.75 Å². The van der Waals surface area contributed by atoms with Crippen LogP contribution in [0.2, 0.25) is 5.02 Å². The molecule has 1 aromatic rings. The van der Waals surface area contributed by atoms with Crippen LogP contribution in [-0.4, -0.2) is 19.1 Å². The summed E-state index contributed by atoms with van der Waals surface area (Å²) in [6.07, 6.45) is 0.901. The van der Waals surface area contributed by atoms with Gasteiger partial charge in [0.2, 0.25) is 0 Å². The molecule has 0 bridgehead atoms. The molecule has 1 atom stereocenters. The van der Waals surface area contributed by atoms with E-state index >= 15 is 0 Å². The van der Waals surface area contributed by atoms with Crippen molar-refractivity contribution < 1.29 is 9.53 Å². The van der Waals surface area contributed by atoms with Crippen LogP contribution < -0.4 is 15.8 Å². The summed E-state index contributed by atoms with van der Waals surface area (Å²) in [5, 5.41) is 3.34. The SMILES string of the molecule is CCCNC(=O)COc1ccc(Cl)cc1C(C)N. The second kappa shape index (κ2) is 7.24. The zero-order valence-electron chi connectivity index (χ0n) is 10.7. The highest BCUT2D eigenvalue weighted by Crippen LogP contribution is 2.27. The molecule has 0 saturated carbocycles. The molecule has 1 rings (SSSR count). The van der Waals surface area contributed by atoms with Crippen LogP contribution in [0.1, 0.15) is 31.9 Å². The Labute approximate surface area is 112 Å². The van der Waals surface area contributed by atoms with Crippen molar-refractivity contribution in [2.45, 2.75) is 26.3 Å². The lowest BCUT2D eigenvalue weighted by Crippen LogP contribution is -2.29. The van der Waals surface area contributed by atoms with Gasteiger partial charge in [-0.15, -0.1) is 0 Å². The molecule has 100 valence electrons. The van der Waals surface area contributed by atoms with Gasteiger partial charge < -0.3 is 15.8 Å². The Morgan fingerprint density at radius 1 is 1.56 bits per heavy atom. The topological polar surface area (TPSA) is 64.3 Å². The largest absolute Gasteiger partial charge is 0.483 e. The van der Waals surface area contributed by atoms with E-state index in [1.54, 1.807) is 18.2 Å². The first-order valence-corrected chi connectivity index (χ1v) is 6.37. The van der Waals surface area contributed by atoms with E-state index in [1.807, 2.05) is 13.8 Å². The van der Waals surface area contributed by atoms with Crippen LogP contribution in [-0.2, 0) is 4.79 Å². The van der Waals surface area contributed by atoms with Crippen molar-refractivity contribution in [3.05, 3.63) is 28.8 Å². The van der Waals surface area contributed by atoms with Gasteiger partial charge in [0.15, 0.2) is 6.61 Å². The fraction of sp³-hybridized carbons (Fsp3) is 0.462. The van der Waals surface area contributed by atoms with Crippen molar-refractivity contribution in [2.24, 2.45) is 5.73 Å². The van der Waals surface area contributed by atoms with Gasteiger partial charge in [0.05, 0.1) is 0 Å². The molecule has 1 aromatic carbocycles. The van der Waals surface area contributed by atoms with Gasteiger partial charge in [-0.2, -0.15) is 0 Å². The molecule has 1 amide bonds. The van der Waals surface area contributed by atoms with Crippen molar-refractivity contribution in [2.75, 3.05) is 13.2 Å². The quantitative estimate of drug-likeness (QED) is 0.833. The Kier molecular flexibility index (Phi) is 5.95. The lowest BCUT2D eigenvalue weighted by atomic mass is 10.1. The van der Waals surface area contributed by atoms with E-state index in [4.69, 9.17) is 22.1 Å². The molecule has 3 N–H and O–H groups in total. The number of ether oxygens (including phenoxy) is 1. The van der Waals surface area contributed by atoms with Gasteiger partial charge in [-0.1, -0.05) is 18.5 Å². The predicted molar refractivity (Wildman–Crippen MR) is 72.9 cm³/mol. The molecular weight excluding hydrogens is 252 g/mol. The molecule has 0 heterocycles. The minimum atomic E-state index is -0.197. The Morgan fingerprint density at radius 2 is 2.28 bits per heavy atom. The summed E-state index contributed by atoms with van der Waals surface area (Å²) in [4.78, 5) is 11.4. The third kappa shape index (κ3) is 4.55. The number of rotatable bonds is 6. The number of carbonyl (C=O) groups excluding carboxylic acids is 1. The molecule has 0 fully saturated rings. The second-order valence-corrected chi connectivity index (χ2v) is 4.55. The Morgan fingerprint density at radius 3 is 2.89 bits per heavy atom. The third-order valence-electron chi connectivity index (χ3n) is 2.39. The highest BCUT2D eigenvalue weighted by Gasteiger charge is 2.10. The first kappa shape index (κ1) is 14.8. The van der Waals surface area contributed by atoms with Crippen LogP contribution in [0.15, 0.2) is 18.2 Å². The number of nitrogens with two attached hydrogens (primary N) is 1. The molecule has 5 heteroatoms. The molecule has 18 heavy (non-hydrogen) atoms. The zero-order chi connectivity index (χ0) is 13.5. The molecular formula is C13H19ClN2O2. The average molecular weight is 271 g/mol. The van der Waals surface area contributed by atoms with Gasteiger partial charge in [-0.25, -0.2) is 0 Å². The molecule has 4 nitrogen and oxygen atoms in total. The highest BCUT2D eigenvalue weighted by atomic mass is 35.5. The van der Waals surface area contributed by atoms with Crippen molar-refractivity contribution >= 4 is 17.5 Å². The van der Waals surface area contributed by atoms with Crippen LogP contribution in [0.3, 0.4) is 0 Å². The predicted octanol–water partition coefficient (Wildman–Crippen LogP) is 2.26. The minimum Gasteiger partial charge on any atom is -0.483 e. The van der Waals surface area contributed by atoms with Gasteiger partial charge in [-0.3, -0.25) is 4.79 Å². The van der Waals surface area contributed by atoms with E-state index in [-0.39, 0.29) is 18.6 Å². The van der Waals surface area contributed by atoms with Crippen molar-refractivity contribution in [1.82, 2.24) is 5.32 Å². The van der Waals surface area contributed by atoms with Crippen molar-refractivity contribution in [1.29, 1.82) is 0 Å². The first-order valence-electron chi connectivity index (χ1n) is 5.99. The smallest absolute Gasteiger partial charge is 0.257 e. The normalized spacial score (nSPS) is 12.0. The van der Waals surface area contributed by atoms with E-state index in [2.05, 4.69) is 5.32 Å². The van der Waals surface area contributed by atoms with E-state index in [1.165, 1.54) is 0 Å². The monoisotopic (exact) mass is 270 g/mol. The summed E-state index contributed by atoms with van der Waals surface area (Å²) >= 11 is 5.90. The zero-order valence-corrected chi connectivity index (χ0v) is 11.5. The number of hydrogen-bond donors (Lipinski definition) is 2. The standard InChI is InChI=1S/C13H19ClN2O2/c1-3-6-16-13(17)8-18-12-5-4-10(14)7-11(12)9(2)15/h4-5,7,9H,3,6,8,15H2,1-2H3,(H,16,17). The van der Waals surface area contributed by atoms with Gasteiger partial charge in [-0.05, 0) is 31.5 Å². The van der Waals surface area contributed by atoms with Crippen LogP contribution in [0.25, 0.3) is 0 Å². The molecule has 1 unspecified atom stereocenters. The van der Waals surface area contributed by atoms with Gasteiger partial charge in [0, 0.05) is 23.2 Å². The lowest BCUT2D eigenvalue weighted by molar-refractivity contribution is -0.123. The van der Waals surface area contributed by atoms with E-state index in [9.17, 15) is 4.79 Å². The molecule has 0 saturated heterocycles. The lowest BCUT2D eigenvalue weighted by Gasteiger charge is -2.14. The summed E-state index contributed by atoms with van der Waals surface area (Å²) in [5.41, 5.74) is 6.63. The number of hydrogen-bond acceptors (Lipinski definition) is 3. The van der Waals surface area contributed by atoms with Gasteiger partial charge in [0.1, 0.15) is 5.75 Å². The first-order chi connectivity index (χ1) is 8.54. The maximum Gasteiger partial charge on any atom is 0.257 e. The van der Waals surface area contributed by atoms with Crippen LogP contribution in [0.4, 0.5) is 0 Å². The maximum atomic E-state index is 11.4. The summed E-state index contributed by atoms with van der Waals surface area (Å²) in [6, 6.07) is 5.00. The Balaban J connectivity index is 2.64. The molecule has 0 spiro atoms. The van der Waals surface area contributed by atoms with E-state index < -0.39 is 0 Å². The van der Waals surface area contributed by atoms with Gasteiger partial charge in [0.25, 0.3) is 5.91 Å². The molecule has 0 aliphatic heterocycles. The highest BCUT2D eigenvalue weighted by molar-refractivity contribution is 6.30. The summed E-state index contributed by atoms with van der Waals surface area (Å²) < 4.78 is 5.46. The van der Waals surface area contributed by atoms with Gasteiger partial charge >= 0.3 is 0 Å². The van der Waals surface area contributed by atoms with Crippen LogP contribution in [0.5, 0.6) is 5.75 Å². The van der Waals surface area contributed by atoms with E-state index in [0.29, 0.717) is 17.3 Å². The number of halogens is 1. The summed E-state index contributed by atoms with van der Waals surface area (Å²) in [6.45, 7) is 4.48.